The van der Waals surface area contributed by atoms with E-state index in [9.17, 15) is 0 Å². The standard InChI is InChI=1S/C11H15N3S/c1-2-3-4-5-6-9-11-10(7-8-12-9)13-14-15-11/h7-8H,2-6H2,1H3. The molecular weight excluding hydrogens is 206 g/mol. The highest BCUT2D eigenvalue weighted by Gasteiger charge is 2.05. The molecule has 15 heavy (non-hydrogen) atoms. The number of rotatable bonds is 5. The summed E-state index contributed by atoms with van der Waals surface area (Å²) >= 11 is 1.45. The van der Waals surface area contributed by atoms with Crippen LogP contribution >= 0.6 is 11.5 Å². The van der Waals surface area contributed by atoms with Crippen LogP contribution in [0.3, 0.4) is 0 Å². The van der Waals surface area contributed by atoms with Crippen LogP contribution in [0.25, 0.3) is 10.2 Å². The second-order valence-corrected chi connectivity index (χ2v) is 4.44. The lowest BCUT2D eigenvalue weighted by Crippen LogP contribution is -1.90. The lowest BCUT2D eigenvalue weighted by atomic mass is 10.1. The number of hydrogen-bond donors (Lipinski definition) is 0. The van der Waals surface area contributed by atoms with Gasteiger partial charge in [-0.1, -0.05) is 30.7 Å². The zero-order valence-corrected chi connectivity index (χ0v) is 9.76. The zero-order chi connectivity index (χ0) is 10.5. The Labute approximate surface area is 93.7 Å². The minimum Gasteiger partial charge on any atom is -0.260 e. The topological polar surface area (TPSA) is 38.7 Å². The third kappa shape index (κ3) is 2.50. The van der Waals surface area contributed by atoms with E-state index in [0.29, 0.717) is 0 Å². The number of aromatic nitrogens is 3. The Kier molecular flexibility index (Phi) is 3.61. The fourth-order valence-corrected chi connectivity index (χ4v) is 2.33. The smallest absolute Gasteiger partial charge is 0.109 e. The van der Waals surface area contributed by atoms with Crippen LogP contribution in [0.15, 0.2) is 12.3 Å². The molecule has 4 heteroatoms. The van der Waals surface area contributed by atoms with Crippen LogP contribution in [-0.4, -0.2) is 14.6 Å². The second kappa shape index (κ2) is 5.16. The number of hydrogen-bond acceptors (Lipinski definition) is 4. The van der Waals surface area contributed by atoms with Gasteiger partial charge in [0.05, 0.1) is 10.4 Å². The molecule has 0 aliphatic rings. The normalized spacial score (nSPS) is 11.0. The zero-order valence-electron chi connectivity index (χ0n) is 8.94. The first-order valence-electron chi connectivity index (χ1n) is 5.47. The van der Waals surface area contributed by atoms with Crippen LogP contribution in [-0.2, 0) is 6.42 Å². The first-order valence-corrected chi connectivity index (χ1v) is 6.25. The maximum absolute atomic E-state index is 4.41. The van der Waals surface area contributed by atoms with Crippen LogP contribution < -0.4 is 0 Å². The average Bonchev–Trinajstić information content (AvgIpc) is 2.73. The van der Waals surface area contributed by atoms with E-state index in [1.807, 2.05) is 12.3 Å². The molecule has 0 atom stereocenters. The molecule has 3 nitrogen and oxygen atoms in total. The summed E-state index contributed by atoms with van der Waals surface area (Å²) in [7, 11) is 0. The predicted molar refractivity (Wildman–Crippen MR) is 63.1 cm³/mol. The highest BCUT2D eigenvalue weighted by molar-refractivity contribution is 7.13. The molecular formula is C11H15N3S. The van der Waals surface area contributed by atoms with Crippen molar-refractivity contribution < 1.29 is 0 Å². The van der Waals surface area contributed by atoms with Crippen molar-refractivity contribution in [1.82, 2.24) is 14.6 Å². The van der Waals surface area contributed by atoms with Gasteiger partial charge < -0.3 is 0 Å². The first kappa shape index (κ1) is 10.5. The molecule has 0 radical (unpaired) electrons. The van der Waals surface area contributed by atoms with Gasteiger partial charge in [-0.3, -0.25) is 4.98 Å². The Morgan fingerprint density at radius 3 is 3.07 bits per heavy atom. The number of fused-ring (bicyclic) bond motifs is 1. The summed E-state index contributed by atoms with van der Waals surface area (Å²) in [6, 6.07) is 1.92. The van der Waals surface area contributed by atoms with Crippen molar-refractivity contribution in [3.63, 3.8) is 0 Å². The molecule has 2 aromatic rings. The van der Waals surface area contributed by atoms with Crippen molar-refractivity contribution in [1.29, 1.82) is 0 Å². The largest absolute Gasteiger partial charge is 0.260 e. The van der Waals surface area contributed by atoms with E-state index in [1.54, 1.807) is 0 Å². The molecule has 0 spiro atoms. The van der Waals surface area contributed by atoms with Gasteiger partial charge in [-0.05, 0) is 30.4 Å². The number of unbranched alkanes of at least 4 members (excludes halogenated alkanes) is 3. The molecule has 0 amide bonds. The molecule has 2 rings (SSSR count). The Bertz CT molecular complexity index is 424. The molecule has 2 aromatic heterocycles. The fraction of sp³-hybridized carbons (Fsp3) is 0.545. The molecule has 0 fully saturated rings. The van der Waals surface area contributed by atoms with Crippen molar-refractivity contribution in [2.45, 2.75) is 39.0 Å². The fourth-order valence-electron chi connectivity index (χ4n) is 1.66. The summed E-state index contributed by atoms with van der Waals surface area (Å²) in [4.78, 5) is 4.41. The van der Waals surface area contributed by atoms with Crippen LogP contribution in [0.4, 0.5) is 0 Å². The van der Waals surface area contributed by atoms with Gasteiger partial charge in [0.25, 0.3) is 0 Å². The molecule has 0 aliphatic heterocycles. The molecule has 0 aromatic carbocycles. The summed E-state index contributed by atoms with van der Waals surface area (Å²) in [6.07, 6.45) is 8.00. The van der Waals surface area contributed by atoms with E-state index in [4.69, 9.17) is 0 Å². The maximum Gasteiger partial charge on any atom is 0.109 e. The van der Waals surface area contributed by atoms with E-state index in [2.05, 4.69) is 21.5 Å². The monoisotopic (exact) mass is 221 g/mol. The van der Waals surface area contributed by atoms with Crippen LogP contribution in [0.2, 0.25) is 0 Å². The number of pyridine rings is 1. The first-order chi connectivity index (χ1) is 7.42. The molecule has 0 aliphatic carbocycles. The van der Waals surface area contributed by atoms with E-state index in [0.717, 1.165) is 16.6 Å². The quantitative estimate of drug-likeness (QED) is 0.728. The van der Waals surface area contributed by atoms with Gasteiger partial charge in [-0.25, -0.2) is 0 Å². The Morgan fingerprint density at radius 1 is 1.27 bits per heavy atom. The molecule has 2 heterocycles. The second-order valence-electron chi connectivity index (χ2n) is 3.69. The Hall–Kier alpha value is -1.03. The van der Waals surface area contributed by atoms with Crippen LogP contribution in [0, 0.1) is 0 Å². The SMILES string of the molecule is CCCCCCc1nccc2nnsc12. The van der Waals surface area contributed by atoms with Crippen molar-refractivity contribution in [2.75, 3.05) is 0 Å². The highest BCUT2D eigenvalue weighted by atomic mass is 32.1. The minimum atomic E-state index is 0.987. The third-order valence-electron chi connectivity index (χ3n) is 2.51. The molecule has 0 saturated carbocycles. The van der Waals surface area contributed by atoms with Crippen molar-refractivity contribution in [3.05, 3.63) is 18.0 Å². The molecule has 0 N–H and O–H groups in total. The van der Waals surface area contributed by atoms with Gasteiger partial charge in [0.15, 0.2) is 0 Å². The van der Waals surface area contributed by atoms with Gasteiger partial charge in [0.2, 0.25) is 0 Å². The summed E-state index contributed by atoms with van der Waals surface area (Å²) in [6.45, 7) is 2.23. The van der Waals surface area contributed by atoms with Gasteiger partial charge in [-0.2, -0.15) is 0 Å². The minimum absolute atomic E-state index is 0.987. The predicted octanol–water partition coefficient (Wildman–Crippen LogP) is 3.21. The molecule has 80 valence electrons. The average molecular weight is 221 g/mol. The van der Waals surface area contributed by atoms with Crippen molar-refractivity contribution in [3.8, 4) is 0 Å². The summed E-state index contributed by atoms with van der Waals surface area (Å²) in [5.74, 6) is 0. The summed E-state index contributed by atoms with van der Waals surface area (Å²) in [5.41, 5.74) is 2.15. The van der Waals surface area contributed by atoms with Crippen molar-refractivity contribution in [2.24, 2.45) is 0 Å². The maximum atomic E-state index is 4.41. The number of nitrogens with zero attached hydrogens (tertiary/aromatic N) is 3. The Morgan fingerprint density at radius 2 is 2.20 bits per heavy atom. The molecule has 0 unspecified atom stereocenters. The number of aryl methyl sites for hydroxylation is 1. The molecule has 0 saturated heterocycles. The van der Waals surface area contributed by atoms with E-state index < -0.39 is 0 Å². The van der Waals surface area contributed by atoms with Gasteiger partial charge in [-0.15, -0.1) is 5.10 Å². The van der Waals surface area contributed by atoms with Crippen molar-refractivity contribution >= 4 is 21.7 Å². The van der Waals surface area contributed by atoms with E-state index >= 15 is 0 Å². The van der Waals surface area contributed by atoms with E-state index in [-0.39, 0.29) is 0 Å². The summed E-state index contributed by atoms with van der Waals surface area (Å²) in [5, 5.41) is 4.05. The lowest BCUT2D eigenvalue weighted by molar-refractivity contribution is 0.663. The van der Waals surface area contributed by atoms with Gasteiger partial charge in [0, 0.05) is 6.20 Å². The van der Waals surface area contributed by atoms with Crippen LogP contribution in [0.5, 0.6) is 0 Å². The van der Waals surface area contributed by atoms with Gasteiger partial charge >= 0.3 is 0 Å². The summed E-state index contributed by atoms with van der Waals surface area (Å²) < 4.78 is 5.12. The van der Waals surface area contributed by atoms with Gasteiger partial charge in [0.1, 0.15) is 5.52 Å². The lowest BCUT2D eigenvalue weighted by Gasteiger charge is -2.00. The van der Waals surface area contributed by atoms with Crippen LogP contribution in [0.1, 0.15) is 38.3 Å². The van der Waals surface area contributed by atoms with E-state index in [1.165, 1.54) is 42.9 Å². The molecule has 0 bridgehead atoms. The Balaban J connectivity index is 2.04. The highest BCUT2D eigenvalue weighted by Crippen LogP contribution is 2.19. The third-order valence-corrected chi connectivity index (χ3v) is 3.30.